The second-order valence-electron chi connectivity index (χ2n) is 4.64. The fourth-order valence-electron chi connectivity index (χ4n) is 1.91. The molecule has 1 aromatic rings. The Kier molecular flexibility index (Phi) is 6.40. The SMILES string of the molecule is CCCC[C@@H](CC)CNC(=O)c1cccc(F)c1. The summed E-state index contributed by atoms with van der Waals surface area (Å²) in [5.74, 6) is -0.0485. The predicted molar refractivity (Wildman–Crippen MR) is 72.0 cm³/mol. The molecule has 0 spiro atoms. The Morgan fingerprint density at radius 1 is 1.39 bits per heavy atom. The van der Waals surface area contributed by atoms with Gasteiger partial charge in [0.25, 0.3) is 5.91 Å². The molecule has 1 N–H and O–H groups in total. The van der Waals surface area contributed by atoms with Crippen molar-refractivity contribution in [3.05, 3.63) is 35.6 Å². The molecular weight excluding hydrogens is 229 g/mol. The van der Waals surface area contributed by atoms with Gasteiger partial charge in [0.05, 0.1) is 0 Å². The van der Waals surface area contributed by atoms with Crippen LogP contribution >= 0.6 is 0 Å². The Balaban J connectivity index is 2.44. The van der Waals surface area contributed by atoms with E-state index in [9.17, 15) is 9.18 Å². The standard InChI is InChI=1S/C15H22FNO/c1-3-5-7-12(4-2)11-17-15(18)13-8-6-9-14(16)10-13/h6,8-10,12H,3-5,7,11H2,1-2H3,(H,17,18)/t12-/m1/s1. The van der Waals surface area contributed by atoms with E-state index in [0.29, 0.717) is 18.0 Å². The molecular formula is C15H22FNO. The second-order valence-corrected chi connectivity index (χ2v) is 4.64. The van der Waals surface area contributed by atoms with Gasteiger partial charge in [0.15, 0.2) is 0 Å². The summed E-state index contributed by atoms with van der Waals surface area (Å²) < 4.78 is 13.0. The first-order valence-electron chi connectivity index (χ1n) is 6.71. The van der Waals surface area contributed by atoms with Gasteiger partial charge >= 0.3 is 0 Å². The Labute approximate surface area is 109 Å². The van der Waals surface area contributed by atoms with Crippen LogP contribution in [0.1, 0.15) is 49.9 Å². The third-order valence-electron chi connectivity index (χ3n) is 3.18. The average Bonchev–Trinajstić information content (AvgIpc) is 2.38. The first-order valence-corrected chi connectivity index (χ1v) is 6.71. The van der Waals surface area contributed by atoms with Crippen LogP contribution in [-0.2, 0) is 0 Å². The maximum atomic E-state index is 13.0. The molecule has 2 nitrogen and oxygen atoms in total. The molecule has 0 aliphatic carbocycles. The van der Waals surface area contributed by atoms with E-state index in [1.807, 2.05) is 0 Å². The van der Waals surface area contributed by atoms with Crippen molar-refractivity contribution in [2.24, 2.45) is 5.92 Å². The highest BCUT2D eigenvalue weighted by Gasteiger charge is 2.10. The molecule has 1 aromatic carbocycles. The van der Waals surface area contributed by atoms with Crippen molar-refractivity contribution in [1.82, 2.24) is 5.32 Å². The molecule has 0 unspecified atom stereocenters. The van der Waals surface area contributed by atoms with Crippen LogP contribution in [0.15, 0.2) is 24.3 Å². The van der Waals surface area contributed by atoms with Crippen LogP contribution in [0.4, 0.5) is 4.39 Å². The Morgan fingerprint density at radius 3 is 2.78 bits per heavy atom. The third-order valence-corrected chi connectivity index (χ3v) is 3.18. The number of hydrogen-bond donors (Lipinski definition) is 1. The lowest BCUT2D eigenvalue weighted by Crippen LogP contribution is -2.29. The maximum absolute atomic E-state index is 13.0. The highest BCUT2D eigenvalue weighted by Crippen LogP contribution is 2.11. The normalized spacial score (nSPS) is 12.2. The van der Waals surface area contributed by atoms with E-state index in [4.69, 9.17) is 0 Å². The molecule has 0 radical (unpaired) electrons. The highest BCUT2D eigenvalue weighted by atomic mass is 19.1. The minimum Gasteiger partial charge on any atom is -0.352 e. The van der Waals surface area contributed by atoms with Gasteiger partial charge in [-0.3, -0.25) is 4.79 Å². The molecule has 1 rings (SSSR count). The van der Waals surface area contributed by atoms with E-state index in [-0.39, 0.29) is 11.7 Å². The van der Waals surface area contributed by atoms with Crippen LogP contribution in [0, 0.1) is 11.7 Å². The number of rotatable bonds is 7. The van der Waals surface area contributed by atoms with Gasteiger partial charge < -0.3 is 5.32 Å². The minimum atomic E-state index is -0.374. The lowest BCUT2D eigenvalue weighted by Gasteiger charge is -2.15. The zero-order valence-corrected chi connectivity index (χ0v) is 11.2. The zero-order chi connectivity index (χ0) is 13.4. The van der Waals surface area contributed by atoms with E-state index in [2.05, 4.69) is 19.2 Å². The van der Waals surface area contributed by atoms with Crippen molar-refractivity contribution in [2.75, 3.05) is 6.54 Å². The maximum Gasteiger partial charge on any atom is 0.251 e. The molecule has 0 aliphatic heterocycles. The van der Waals surface area contributed by atoms with Crippen LogP contribution in [-0.4, -0.2) is 12.5 Å². The van der Waals surface area contributed by atoms with Crippen molar-refractivity contribution >= 4 is 5.91 Å². The van der Waals surface area contributed by atoms with Crippen molar-refractivity contribution in [1.29, 1.82) is 0 Å². The molecule has 0 heterocycles. The van der Waals surface area contributed by atoms with Gasteiger partial charge in [0.1, 0.15) is 5.82 Å². The Bertz CT molecular complexity index is 379. The molecule has 100 valence electrons. The number of unbranched alkanes of at least 4 members (excludes halogenated alkanes) is 1. The monoisotopic (exact) mass is 251 g/mol. The minimum absolute atomic E-state index is 0.190. The first-order chi connectivity index (χ1) is 8.67. The molecule has 3 heteroatoms. The fraction of sp³-hybridized carbons (Fsp3) is 0.533. The van der Waals surface area contributed by atoms with Crippen LogP contribution in [0.25, 0.3) is 0 Å². The Morgan fingerprint density at radius 2 is 2.17 bits per heavy atom. The number of halogens is 1. The van der Waals surface area contributed by atoms with Gasteiger partial charge in [-0.1, -0.05) is 39.2 Å². The predicted octanol–water partition coefficient (Wildman–Crippen LogP) is 3.77. The van der Waals surface area contributed by atoms with Crippen LogP contribution in [0.2, 0.25) is 0 Å². The van der Waals surface area contributed by atoms with E-state index in [1.165, 1.54) is 25.0 Å². The van der Waals surface area contributed by atoms with Gasteiger partial charge in [-0.15, -0.1) is 0 Å². The van der Waals surface area contributed by atoms with Crippen molar-refractivity contribution in [3.8, 4) is 0 Å². The summed E-state index contributed by atoms with van der Waals surface area (Å²) in [6.07, 6.45) is 4.56. The number of amides is 1. The number of carbonyl (C=O) groups excluding carboxylic acids is 1. The summed E-state index contributed by atoms with van der Waals surface area (Å²) in [6, 6.07) is 5.79. The smallest absolute Gasteiger partial charge is 0.251 e. The topological polar surface area (TPSA) is 29.1 Å². The molecule has 0 saturated heterocycles. The van der Waals surface area contributed by atoms with Gasteiger partial charge in [-0.25, -0.2) is 4.39 Å². The summed E-state index contributed by atoms with van der Waals surface area (Å²) in [6.45, 7) is 4.97. The molecule has 0 aromatic heterocycles. The lowest BCUT2D eigenvalue weighted by atomic mass is 9.99. The Hall–Kier alpha value is -1.38. The molecule has 0 aliphatic rings. The van der Waals surface area contributed by atoms with E-state index < -0.39 is 0 Å². The summed E-state index contributed by atoms with van der Waals surface area (Å²) in [7, 11) is 0. The third kappa shape index (κ3) is 4.86. The molecule has 1 atom stereocenters. The van der Waals surface area contributed by atoms with Gasteiger partial charge in [0.2, 0.25) is 0 Å². The molecule has 0 fully saturated rings. The summed E-state index contributed by atoms with van der Waals surface area (Å²) in [5.41, 5.74) is 0.389. The van der Waals surface area contributed by atoms with E-state index in [0.717, 1.165) is 12.8 Å². The van der Waals surface area contributed by atoms with E-state index >= 15 is 0 Å². The highest BCUT2D eigenvalue weighted by molar-refractivity contribution is 5.94. The number of hydrogen-bond acceptors (Lipinski definition) is 1. The second kappa shape index (κ2) is 7.85. The molecule has 0 saturated carbocycles. The largest absolute Gasteiger partial charge is 0.352 e. The average molecular weight is 251 g/mol. The van der Waals surface area contributed by atoms with Gasteiger partial charge in [-0.05, 0) is 30.5 Å². The molecule has 18 heavy (non-hydrogen) atoms. The van der Waals surface area contributed by atoms with Crippen molar-refractivity contribution in [2.45, 2.75) is 39.5 Å². The quantitative estimate of drug-likeness (QED) is 0.785. The number of benzene rings is 1. The van der Waals surface area contributed by atoms with Crippen LogP contribution < -0.4 is 5.32 Å². The summed E-state index contributed by atoms with van der Waals surface area (Å²) in [4.78, 5) is 11.8. The fourth-order valence-corrected chi connectivity index (χ4v) is 1.91. The summed E-state index contributed by atoms with van der Waals surface area (Å²) in [5, 5.41) is 2.88. The summed E-state index contributed by atoms with van der Waals surface area (Å²) >= 11 is 0. The number of carbonyl (C=O) groups is 1. The lowest BCUT2D eigenvalue weighted by molar-refractivity contribution is 0.0945. The van der Waals surface area contributed by atoms with E-state index in [1.54, 1.807) is 12.1 Å². The van der Waals surface area contributed by atoms with Crippen molar-refractivity contribution < 1.29 is 9.18 Å². The van der Waals surface area contributed by atoms with Crippen LogP contribution in [0.3, 0.4) is 0 Å². The van der Waals surface area contributed by atoms with Gasteiger partial charge in [-0.2, -0.15) is 0 Å². The first kappa shape index (κ1) is 14.7. The van der Waals surface area contributed by atoms with Gasteiger partial charge in [0, 0.05) is 12.1 Å². The molecule has 1 amide bonds. The van der Waals surface area contributed by atoms with Crippen LogP contribution in [0.5, 0.6) is 0 Å². The zero-order valence-electron chi connectivity index (χ0n) is 11.2. The number of nitrogens with one attached hydrogen (secondary N) is 1. The van der Waals surface area contributed by atoms with Crippen molar-refractivity contribution in [3.63, 3.8) is 0 Å². The molecule has 0 bridgehead atoms.